The maximum Gasteiger partial charge on any atom is 0.229 e. The van der Waals surface area contributed by atoms with E-state index in [-0.39, 0.29) is 12.3 Å². The van der Waals surface area contributed by atoms with Gasteiger partial charge in [-0.05, 0) is 54.4 Å². The summed E-state index contributed by atoms with van der Waals surface area (Å²) in [6.07, 6.45) is 1.97. The molecular formula is C20H18ClN3O. The van der Waals surface area contributed by atoms with Crippen LogP contribution < -0.4 is 10.6 Å². The van der Waals surface area contributed by atoms with Crippen LogP contribution in [0.5, 0.6) is 0 Å². The van der Waals surface area contributed by atoms with E-state index in [1.807, 2.05) is 43.3 Å². The minimum atomic E-state index is -0.116. The molecule has 0 aliphatic heterocycles. The van der Waals surface area contributed by atoms with Crippen LogP contribution in [0.4, 0.5) is 17.2 Å². The van der Waals surface area contributed by atoms with Crippen LogP contribution in [0, 0.1) is 6.92 Å². The lowest BCUT2D eigenvalue weighted by Crippen LogP contribution is -2.15. The first kappa shape index (κ1) is 17.0. The van der Waals surface area contributed by atoms with E-state index in [2.05, 4.69) is 21.7 Å². The minimum Gasteiger partial charge on any atom is -0.354 e. The van der Waals surface area contributed by atoms with Gasteiger partial charge in [0.05, 0.1) is 18.3 Å². The summed E-state index contributed by atoms with van der Waals surface area (Å²) in [5.74, 6) is 0.406. The van der Waals surface area contributed by atoms with Crippen LogP contribution in [-0.2, 0) is 11.2 Å². The summed E-state index contributed by atoms with van der Waals surface area (Å²) in [6, 6.07) is 19.0. The summed E-state index contributed by atoms with van der Waals surface area (Å²) in [5, 5.41) is 6.73. The van der Waals surface area contributed by atoms with Crippen molar-refractivity contribution in [2.24, 2.45) is 0 Å². The first-order valence-electron chi connectivity index (χ1n) is 7.92. The van der Waals surface area contributed by atoms with Crippen molar-refractivity contribution in [3.63, 3.8) is 0 Å². The van der Waals surface area contributed by atoms with Crippen molar-refractivity contribution in [3.8, 4) is 0 Å². The van der Waals surface area contributed by atoms with E-state index in [1.165, 1.54) is 5.56 Å². The maximum absolute atomic E-state index is 12.1. The summed E-state index contributed by atoms with van der Waals surface area (Å²) < 4.78 is 0. The Balaban J connectivity index is 1.58. The van der Waals surface area contributed by atoms with Crippen molar-refractivity contribution in [1.29, 1.82) is 0 Å². The van der Waals surface area contributed by atoms with E-state index in [0.717, 1.165) is 16.9 Å². The molecule has 1 amide bonds. The summed E-state index contributed by atoms with van der Waals surface area (Å²) >= 11 is 5.84. The number of pyridine rings is 1. The van der Waals surface area contributed by atoms with Crippen LogP contribution >= 0.6 is 11.6 Å². The van der Waals surface area contributed by atoms with Crippen molar-refractivity contribution >= 4 is 34.7 Å². The predicted octanol–water partition coefficient (Wildman–Crippen LogP) is 4.97. The van der Waals surface area contributed by atoms with E-state index < -0.39 is 0 Å². The Morgan fingerprint density at radius 3 is 2.52 bits per heavy atom. The van der Waals surface area contributed by atoms with Crippen LogP contribution in [0.2, 0.25) is 5.02 Å². The average molecular weight is 352 g/mol. The molecule has 2 aromatic carbocycles. The number of nitrogens with zero attached hydrogens (tertiary/aromatic N) is 1. The first-order valence-corrected chi connectivity index (χ1v) is 8.30. The summed E-state index contributed by atoms with van der Waals surface area (Å²) in [7, 11) is 0. The number of hydrogen-bond acceptors (Lipinski definition) is 3. The molecule has 0 fully saturated rings. The molecule has 1 heterocycles. The largest absolute Gasteiger partial charge is 0.354 e. The van der Waals surface area contributed by atoms with Crippen LogP contribution in [0.1, 0.15) is 11.1 Å². The summed E-state index contributed by atoms with van der Waals surface area (Å²) in [5.41, 5.74) is 3.95. The van der Waals surface area contributed by atoms with Crippen molar-refractivity contribution in [2.75, 3.05) is 10.6 Å². The average Bonchev–Trinajstić information content (AvgIpc) is 2.59. The number of hydrogen-bond donors (Lipinski definition) is 2. The Morgan fingerprint density at radius 1 is 1.04 bits per heavy atom. The number of benzene rings is 2. The molecule has 4 nitrogen and oxygen atoms in total. The quantitative estimate of drug-likeness (QED) is 0.682. The zero-order valence-corrected chi connectivity index (χ0v) is 14.5. The van der Waals surface area contributed by atoms with E-state index in [1.54, 1.807) is 24.4 Å². The molecule has 0 bridgehead atoms. The number of aryl methyl sites for hydroxylation is 1. The van der Waals surface area contributed by atoms with Crippen LogP contribution in [-0.4, -0.2) is 10.9 Å². The Hall–Kier alpha value is -2.85. The van der Waals surface area contributed by atoms with Crippen LogP contribution in [0.3, 0.4) is 0 Å². The highest BCUT2D eigenvalue weighted by Crippen LogP contribution is 2.18. The van der Waals surface area contributed by atoms with Gasteiger partial charge in [0, 0.05) is 10.7 Å². The molecule has 0 spiro atoms. The number of anilines is 3. The molecule has 0 saturated carbocycles. The third-order valence-corrected chi connectivity index (χ3v) is 3.87. The van der Waals surface area contributed by atoms with Gasteiger partial charge < -0.3 is 10.6 Å². The molecule has 2 N–H and O–H groups in total. The van der Waals surface area contributed by atoms with Gasteiger partial charge in [0.15, 0.2) is 0 Å². The zero-order chi connectivity index (χ0) is 17.6. The van der Waals surface area contributed by atoms with E-state index >= 15 is 0 Å². The molecule has 5 heteroatoms. The molecule has 1 aromatic heterocycles. The van der Waals surface area contributed by atoms with Crippen molar-refractivity contribution in [2.45, 2.75) is 13.3 Å². The van der Waals surface area contributed by atoms with Crippen molar-refractivity contribution in [3.05, 3.63) is 83.0 Å². The smallest absolute Gasteiger partial charge is 0.229 e. The number of halogens is 1. The van der Waals surface area contributed by atoms with Crippen LogP contribution in [0.15, 0.2) is 66.9 Å². The van der Waals surface area contributed by atoms with Gasteiger partial charge in [0.2, 0.25) is 5.91 Å². The second-order valence-corrected chi connectivity index (χ2v) is 6.21. The van der Waals surface area contributed by atoms with Gasteiger partial charge in [-0.15, -0.1) is 0 Å². The summed E-state index contributed by atoms with van der Waals surface area (Å²) in [6.45, 7) is 2.04. The van der Waals surface area contributed by atoms with Crippen LogP contribution in [0.25, 0.3) is 0 Å². The Bertz CT molecular complexity index is 861. The van der Waals surface area contributed by atoms with Gasteiger partial charge >= 0.3 is 0 Å². The maximum atomic E-state index is 12.1. The lowest BCUT2D eigenvalue weighted by atomic mass is 10.1. The molecule has 126 valence electrons. The fourth-order valence-electron chi connectivity index (χ4n) is 2.41. The Kier molecular flexibility index (Phi) is 5.31. The fraction of sp³-hybridized carbons (Fsp3) is 0.100. The van der Waals surface area contributed by atoms with Gasteiger partial charge in [0.25, 0.3) is 0 Å². The monoisotopic (exact) mass is 351 g/mol. The molecule has 0 radical (unpaired) electrons. The van der Waals surface area contributed by atoms with E-state index in [9.17, 15) is 4.79 Å². The summed E-state index contributed by atoms with van der Waals surface area (Å²) in [4.78, 5) is 16.4. The molecule has 0 atom stereocenters. The molecule has 3 rings (SSSR count). The van der Waals surface area contributed by atoms with Gasteiger partial charge in [-0.2, -0.15) is 0 Å². The number of carbonyl (C=O) groups excluding carboxylic acids is 1. The van der Waals surface area contributed by atoms with Gasteiger partial charge in [-0.25, -0.2) is 4.98 Å². The van der Waals surface area contributed by atoms with Gasteiger partial charge in [-0.3, -0.25) is 4.79 Å². The Morgan fingerprint density at radius 2 is 1.84 bits per heavy atom. The molecular weight excluding hydrogens is 334 g/mol. The molecule has 0 saturated heterocycles. The highest BCUT2D eigenvalue weighted by Gasteiger charge is 2.05. The number of carbonyl (C=O) groups is 1. The number of amides is 1. The number of aromatic nitrogens is 1. The second-order valence-electron chi connectivity index (χ2n) is 5.78. The van der Waals surface area contributed by atoms with Crippen molar-refractivity contribution < 1.29 is 4.79 Å². The lowest BCUT2D eigenvalue weighted by molar-refractivity contribution is -0.115. The van der Waals surface area contributed by atoms with E-state index in [4.69, 9.17) is 11.6 Å². The standard InChI is InChI=1S/C20H18ClN3O/c1-14-3-2-4-17(11-14)23-18-9-10-19(22-13-18)24-20(25)12-15-5-7-16(21)8-6-15/h2-11,13,23H,12H2,1H3,(H,22,24,25). The third-order valence-electron chi connectivity index (χ3n) is 3.62. The highest BCUT2D eigenvalue weighted by molar-refractivity contribution is 6.30. The molecule has 0 aliphatic rings. The molecule has 0 aliphatic carbocycles. The van der Waals surface area contributed by atoms with Crippen molar-refractivity contribution in [1.82, 2.24) is 4.98 Å². The highest BCUT2D eigenvalue weighted by atomic mass is 35.5. The fourth-order valence-corrected chi connectivity index (χ4v) is 2.53. The second kappa shape index (κ2) is 7.81. The molecule has 3 aromatic rings. The number of nitrogens with one attached hydrogen (secondary N) is 2. The Labute approximate surface area is 151 Å². The lowest BCUT2D eigenvalue weighted by Gasteiger charge is -2.08. The first-order chi connectivity index (χ1) is 12.1. The van der Waals surface area contributed by atoms with Gasteiger partial charge in [-0.1, -0.05) is 35.9 Å². The topological polar surface area (TPSA) is 54.0 Å². The van der Waals surface area contributed by atoms with E-state index in [0.29, 0.717) is 10.8 Å². The van der Waals surface area contributed by atoms with Gasteiger partial charge in [0.1, 0.15) is 5.82 Å². The third kappa shape index (κ3) is 5.06. The molecule has 25 heavy (non-hydrogen) atoms. The number of rotatable bonds is 5. The molecule has 0 unspecified atom stereocenters. The predicted molar refractivity (Wildman–Crippen MR) is 102 cm³/mol. The SMILES string of the molecule is Cc1cccc(Nc2ccc(NC(=O)Cc3ccc(Cl)cc3)nc2)c1. The zero-order valence-electron chi connectivity index (χ0n) is 13.8. The minimum absolute atomic E-state index is 0.116. The normalized spacial score (nSPS) is 10.3.